The number of hydrogen-bond donors (Lipinski definition) is 3. The molecule has 3 rings (SSSR count). The summed E-state index contributed by atoms with van der Waals surface area (Å²) in [6.07, 6.45) is 1.60. The number of pyridine rings is 1. The van der Waals surface area contributed by atoms with Crippen molar-refractivity contribution in [2.45, 2.75) is 13.5 Å². The van der Waals surface area contributed by atoms with E-state index in [2.05, 4.69) is 25.8 Å². The highest BCUT2D eigenvalue weighted by molar-refractivity contribution is 6.34. The third-order valence-electron chi connectivity index (χ3n) is 4.06. The van der Waals surface area contributed by atoms with Crippen LogP contribution in [0, 0.1) is 18.6 Å². The van der Waals surface area contributed by atoms with E-state index >= 15 is 0 Å². The number of H-pyrrole nitrogens is 1. The predicted octanol–water partition coefficient (Wildman–Crippen LogP) is 4.08. The number of aryl methyl sites for hydroxylation is 1. The van der Waals surface area contributed by atoms with Gasteiger partial charge in [-0.05, 0) is 19.1 Å². The number of aromatic nitrogens is 3. The summed E-state index contributed by atoms with van der Waals surface area (Å²) in [6.45, 7) is 1.97. The van der Waals surface area contributed by atoms with Gasteiger partial charge in [-0.2, -0.15) is 5.10 Å². The lowest BCUT2D eigenvalue weighted by Gasteiger charge is -2.09. The number of carbonyl (C=O) groups excluding carboxylic acids is 2. The number of amides is 2. The van der Waals surface area contributed by atoms with Gasteiger partial charge in [-0.3, -0.25) is 19.7 Å². The van der Waals surface area contributed by atoms with Crippen LogP contribution in [0.15, 0.2) is 30.5 Å². The number of benzene rings is 1. The molecule has 0 saturated heterocycles. The lowest BCUT2D eigenvalue weighted by Crippen LogP contribution is -2.23. The topological polar surface area (TPSA) is 109 Å². The summed E-state index contributed by atoms with van der Waals surface area (Å²) in [7, 11) is 1.52. The largest absolute Gasteiger partial charge is 0.496 e. The first-order valence-electron chi connectivity index (χ1n) is 8.57. The van der Waals surface area contributed by atoms with Gasteiger partial charge in [0.1, 0.15) is 11.4 Å². The molecule has 172 valence electrons. The van der Waals surface area contributed by atoms with Crippen LogP contribution in [0.4, 0.5) is 14.6 Å². The standard InChI is InChI=1S/C19H16ClF2N5O3.2ClH/c1-9-3-16(30-2)10(7-23-9)8-24-19(29)15-6-17(27-26-15)25-18(28)11-4-13(21)14(22)5-12(11)20;;/h3-7H,8H2,1-2H3,(H,24,29)(H2,25,26,27,28);2*1H. The maximum absolute atomic E-state index is 13.4. The second kappa shape index (κ2) is 11.6. The summed E-state index contributed by atoms with van der Waals surface area (Å²) in [4.78, 5) is 28.7. The molecule has 0 bridgehead atoms. The molecule has 0 spiro atoms. The van der Waals surface area contributed by atoms with Gasteiger partial charge in [-0.25, -0.2) is 8.78 Å². The van der Waals surface area contributed by atoms with E-state index in [0.29, 0.717) is 23.4 Å². The fourth-order valence-corrected chi connectivity index (χ4v) is 2.78. The Balaban J connectivity index is 0.00000256. The van der Waals surface area contributed by atoms with Crippen molar-refractivity contribution in [3.8, 4) is 5.75 Å². The van der Waals surface area contributed by atoms with Crippen molar-refractivity contribution in [3.05, 3.63) is 69.6 Å². The number of ether oxygens (including phenoxy) is 1. The van der Waals surface area contributed by atoms with Crippen LogP contribution in [0.5, 0.6) is 5.75 Å². The Bertz CT molecular complexity index is 1130. The zero-order chi connectivity index (χ0) is 21.8. The number of rotatable bonds is 6. The van der Waals surface area contributed by atoms with Crippen LogP contribution in [-0.2, 0) is 6.54 Å². The number of nitrogens with zero attached hydrogens (tertiary/aromatic N) is 2. The molecule has 0 aliphatic rings. The number of hydrogen-bond acceptors (Lipinski definition) is 5. The van der Waals surface area contributed by atoms with E-state index in [-0.39, 0.29) is 53.5 Å². The zero-order valence-electron chi connectivity index (χ0n) is 16.7. The SMILES string of the molecule is COc1cc(C)ncc1CNC(=O)c1cc(NC(=O)c2cc(F)c(F)cc2Cl)n[nH]1.Cl.Cl. The van der Waals surface area contributed by atoms with Gasteiger partial charge < -0.3 is 15.4 Å². The van der Waals surface area contributed by atoms with Gasteiger partial charge in [0.05, 0.1) is 17.7 Å². The summed E-state index contributed by atoms with van der Waals surface area (Å²) in [5, 5.41) is 11.1. The van der Waals surface area contributed by atoms with Crippen LogP contribution in [-0.4, -0.2) is 34.1 Å². The Morgan fingerprint density at radius 3 is 2.50 bits per heavy atom. The highest BCUT2D eigenvalue weighted by Crippen LogP contribution is 2.21. The van der Waals surface area contributed by atoms with E-state index in [1.807, 2.05) is 6.92 Å². The van der Waals surface area contributed by atoms with Gasteiger partial charge in [0.2, 0.25) is 0 Å². The molecule has 3 aromatic rings. The Morgan fingerprint density at radius 2 is 1.81 bits per heavy atom. The molecule has 13 heteroatoms. The molecule has 0 fully saturated rings. The summed E-state index contributed by atoms with van der Waals surface area (Å²) < 4.78 is 31.8. The molecular weight excluding hydrogens is 491 g/mol. The second-order valence-electron chi connectivity index (χ2n) is 6.19. The Labute approximate surface area is 198 Å². The molecule has 0 aliphatic carbocycles. The maximum atomic E-state index is 13.4. The third-order valence-corrected chi connectivity index (χ3v) is 4.37. The number of carbonyl (C=O) groups is 2. The monoisotopic (exact) mass is 507 g/mol. The molecule has 32 heavy (non-hydrogen) atoms. The smallest absolute Gasteiger partial charge is 0.269 e. The van der Waals surface area contributed by atoms with E-state index in [0.717, 1.165) is 5.69 Å². The van der Waals surface area contributed by atoms with Gasteiger partial charge in [0.15, 0.2) is 17.5 Å². The van der Waals surface area contributed by atoms with Gasteiger partial charge in [0, 0.05) is 36.1 Å². The van der Waals surface area contributed by atoms with E-state index < -0.39 is 23.4 Å². The minimum atomic E-state index is -1.22. The van der Waals surface area contributed by atoms with Crippen LogP contribution in [0.1, 0.15) is 32.1 Å². The summed E-state index contributed by atoms with van der Waals surface area (Å²) in [6, 6.07) is 4.40. The quantitative estimate of drug-likeness (QED) is 0.435. The van der Waals surface area contributed by atoms with Crippen molar-refractivity contribution in [2.75, 3.05) is 12.4 Å². The molecule has 1 aromatic carbocycles. The van der Waals surface area contributed by atoms with E-state index in [9.17, 15) is 18.4 Å². The van der Waals surface area contributed by atoms with Crippen molar-refractivity contribution >= 4 is 54.0 Å². The van der Waals surface area contributed by atoms with Crippen LogP contribution in [0.25, 0.3) is 0 Å². The average molecular weight is 509 g/mol. The van der Waals surface area contributed by atoms with Crippen molar-refractivity contribution < 1.29 is 23.1 Å². The zero-order valence-corrected chi connectivity index (χ0v) is 19.1. The predicted molar refractivity (Wildman–Crippen MR) is 119 cm³/mol. The molecule has 0 saturated carbocycles. The number of nitrogens with one attached hydrogen (secondary N) is 3. The molecule has 2 aromatic heterocycles. The lowest BCUT2D eigenvalue weighted by atomic mass is 10.2. The molecule has 0 unspecified atom stereocenters. The lowest BCUT2D eigenvalue weighted by molar-refractivity contribution is 0.0944. The molecule has 0 aliphatic heterocycles. The van der Waals surface area contributed by atoms with Crippen molar-refractivity contribution in [3.63, 3.8) is 0 Å². The average Bonchev–Trinajstić information content (AvgIpc) is 3.17. The number of aromatic amines is 1. The fraction of sp³-hybridized carbons (Fsp3) is 0.158. The maximum Gasteiger partial charge on any atom is 0.269 e. The van der Waals surface area contributed by atoms with Gasteiger partial charge in [-0.1, -0.05) is 11.6 Å². The first-order valence-corrected chi connectivity index (χ1v) is 8.95. The van der Waals surface area contributed by atoms with Crippen LogP contribution in [0.3, 0.4) is 0 Å². The molecular formula is C19H18Cl3F2N5O3. The molecule has 0 radical (unpaired) electrons. The van der Waals surface area contributed by atoms with Crippen molar-refractivity contribution in [1.82, 2.24) is 20.5 Å². The molecule has 8 nitrogen and oxygen atoms in total. The summed E-state index contributed by atoms with van der Waals surface area (Å²) >= 11 is 5.78. The van der Waals surface area contributed by atoms with Crippen molar-refractivity contribution in [2.24, 2.45) is 0 Å². The molecule has 3 N–H and O–H groups in total. The van der Waals surface area contributed by atoms with Gasteiger partial charge in [-0.15, -0.1) is 24.8 Å². The normalized spacial score (nSPS) is 9.91. The van der Waals surface area contributed by atoms with Crippen LogP contribution >= 0.6 is 36.4 Å². The minimum Gasteiger partial charge on any atom is -0.496 e. The van der Waals surface area contributed by atoms with E-state index in [4.69, 9.17) is 16.3 Å². The molecule has 2 heterocycles. The van der Waals surface area contributed by atoms with Crippen molar-refractivity contribution in [1.29, 1.82) is 0 Å². The number of methoxy groups -OCH3 is 1. The number of halogens is 5. The van der Waals surface area contributed by atoms with Gasteiger partial charge in [0.25, 0.3) is 11.8 Å². The van der Waals surface area contributed by atoms with E-state index in [1.54, 1.807) is 12.3 Å². The van der Waals surface area contributed by atoms with Crippen LogP contribution in [0.2, 0.25) is 5.02 Å². The Kier molecular flexibility index (Phi) is 9.82. The number of anilines is 1. The molecule has 2 amide bonds. The Morgan fingerprint density at radius 1 is 1.12 bits per heavy atom. The van der Waals surface area contributed by atoms with E-state index in [1.165, 1.54) is 13.2 Å². The summed E-state index contributed by atoms with van der Waals surface area (Å²) in [5.41, 5.74) is 1.25. The fourth-order valence-electron chi connectivity index (χ4n) is 2.54. The third kappa shape index (κ3) is 6.28. The highest BCUT2D eigenvalue weighted by Gasteiger charge is 2.17. The highest BCUT2D eigenvalue weighted by atomic mass is 35.5. The second-order valence-corrected chi connectivity index (χ2v) is 6.59. The van der Waals surface area contributed by atoms with Crippen LogP contribution < -0.4 is 15.4 Å². The molecule has 0 atom stereocenters. The minimum absolute atomic E-state index is 0. The summed E-state index contributed by atoms with van der Waals surface area (Å²) in [5.74, 6) is -3.10. The first kappa shape index (κ1) is 27.1. The Hall–Kier alpha value is -2.95. The first-order chi connectivity index (χ1) is 14.3. The van der Waals surface area contributed by atoms with Gasteiger partial charge >= 0.3 is 0 Å².